The molecule has 82 valence electrons. The van der Waals surface area contributed by atoms with Crippen LogP contribution in [0.1, 0.15) is 29.3 Å². The average Bonchev–Trinajstić information content (AvgIpc) is 2.16. The summed E-state index contributed by atoms with van der Waals surface area (Å²) >= 11 is 11.3. The lowest BCUT2D eigenvalue weighted by Gasteiger charge is -2.10. The number of Topliss-reactive ketones (excluding diaryl/α,β-unsaturated/α-hetero) is 1. The molecule has 0 radical (unpaired) electrons. The second kappa shape index (κ2) is 4.90. The Morgan fingerprint density at radius 1 is 1.40 bits per heavy atom. The molecule has 0 amide bonds. The highest BCUT2D eigenvalue weighted by atomic mass is 35.5. The zero-order chi connectivity index (χ0) is 11.6. The number of hydrogen-bond donors (Lipinski definition) is 0. The normalized spacial score (nSPS) is 12.9. The topological polar surface area (TPSA) is 17.1 Å². The fraction of sp³-hybridized carbons (Fsp3) is 0.300. The molecule has 1 unspecified atom stereocenters. The Labute approximate surface area is 96.0 Å². The van der Waals surface area contributed by atoms with Crippen LogP contribution in [0.3, 0.4) is 0 Å². The lowest BCUT2D eigenvalue weighted by molar-refractivity contribution is 0.0978. The van der Waals surface area contributed by atoms with Crippen LogP contribution in [0.2, 0.25) is 5.02 Å². The molecule has 0 N–H and O–H groups in total. The molecular formula is C10H8Cl2F2O. The van der Waals surface area contributed by atoms with Gasteiger partial charge in [0, 0.05) is 11.1 Å². The number of ketones is 1. The fourth-order valence-electron chi connectivity index (χ4n) is 1.18. The minimum atomic E-state index is -2.74. The number of benzene rings is 1. The zero-order valence-corrected chi connectivity index (χ0v) is 9.32. The van der Waals surface area contributed by atoms with E-state index in [0.29, 0.717) is 0 Å². The molecule has 0 aromatic heterocycles. The van der Waals surface area contributed by atoms with E-state index in [9.17, 15) is 13.6 Å². The lowest BCUT2D eigenvalue weighted by atomic mass is 10.0. The first-order valence-corrected chi connectivity index (χ1v) is 5.01. The molecule has 0 heterocycles. The van der Waals surface area contributed by atoms with Crippen molar-refractivity contribution >= 4 is 29.0 Å². The molecule has 1 aromatic carbocycles. The molecule has 1 nitrogen and oxygen atoms in total. The summed E-state index contributed by atoms with van der Waals surface area (Å²) in [6.45, 7) is 1.42. The number of halogens is 4. The summed E-state index contributed by atoms with van der Waals surface area (Å²) in [5.41, 5.74) is -0.559. The van der Waals surface area contributed by atoms with Crippen molar-refractivity contribution in [3.63, 3.8) is 0 Å². The Bertz CT molecular complexity index is 378. The number of alkyl halides is 3. The molecule has 0 saturated heterocycles. The van der Waals surface area contributed by atoms with Crippen LogP contribution in [0.5, 0.6) is 0 Å². The van der Waals surface area contributed by atoms with Gasteiger partial charge in [0.2, 0.25) is 0 Å². The van der Waals surface area contributed by atoms with Gasteiger partial charge in [0.15, 0.2) is 5.78 Å². The van der Waals surface area contributed by atoms with Gasteiger partial charge in [0.05, 0.1) is 10.4 Å². The molecular weight excluding hydrogens is 245 g/mol. The summed E-state index contributed by atoms with van der Waals surface area (Å²) in [5, 5.41) is -0.868. The third-order valence-electron chi connectivity index (χ3n) is 1.89. The quantitative estimate of drug-likeness (QED) is 0.585. The molecule has 0 aliphatic carbocycles. The molecule has 0 saturated carbocycles. The Morgan fingerprint density at radius 3 is 2.47 bits per heavy atom. The Balaban J connectivity index is 3.31. The summed E-state index contributed by atoms with van der Waals surface area (Å²) in [5.74, 6) is -0.586. The first kappa shape index (κ1) is 12.4. The van der Waals surface area contributed by atoms with Crippen molar-refractivity contribution < 1.29 is 13.6 Å². The first-order valence-electron chi connectivity index (χ1n) is 4.20. The van der Waals surface area contributed by atoms with Gasteiger partial charge in [0.1, 0.15) is 0 Å². The maximum Gasteiger partial charge on any atom is 0.264 e. The minimum absolute atomic E-state index is 0.00491. The number of hydrogen-bond acceptors (Lipinski definition) is 1. The van der Waals surface area contributed by atoms with Gasteiger partial charge in [0.25, 0.3) is 6.43 Å². The Kier molecular flexibility index (Phi) is 4.05. The maximum absolute atomic E-state index is 12.6. The molecule has 0 fully saturated rings. The van der Waals surface area contributed by atoms with E-state index in [1.54, 1.807) is 0 Å². The smallest absolute Gasteiger partial charge is 0.264 e. The minimum Gasteiger partial charge on any atom is -0.292 e. The number of carbonyl (C=O) groups is 1. The van der Waals surface area contributed by atoms with Crippen LogP contribution < -0.4 is 0 Å². The van der Waals surface area contributed by atoms with Gasteiger partial charge in [-0.2, -0.15) is 0 Å². The molecule has 15 heavy (non-hydrogen) atoms. The Hall–Kier alpha value is -0.670. The molecule has 1 aromatic rings. The second-order valence-electron chi connectivity index (χ2n) is 2.99. The third kappa shape index (κ3) is 2.67. The van der Waals surface area contributed by atoms with Crippen LogP contribution >= 0.6 is 23.2 Å². The highest BCUT2D eigenvalue weighted by Gasteiger charge is 2.23. The van der Waals surface area contributed by atoms with Gasteiger partial charge in [-0.3, -0.25) is 4.79 Å². The third-order valence-corrected chi connectivity index (χ3v) is 2.40. The number of rotatable bonds is 3. The van der Waals surface area contributed by atoms with Crippen LogP contribution in [-0.2, 0) is 0 Å². The van der Waals surface area contributed by atoms with Crippen LogP contribution in [0.25, 0.3) is 0 Å². The SMILES string of the molecule is CC(Cl)C(=O)c1c(Cl)cccc1C(F)F. The van der Waals surface area contributed by atoms with E-state index in [0.717, 1.165) is 0 Å². The monoisotopic (exact) mass is 252 g/mol. The largest absolute Gasteiger partial charge is 0.292 e. The highest BCUT2D eigenvalue weighted by Crippen LogP contribution is 2.29. The molecule has 1 atom stereocenters. The summed E-state index contributed by atoms with van der Waals surface area (Å²) in [7, 11) is 0. The van der Waals surface area contributed by atoms with Crippen molar-refractivity contribution in [1.82, 2.24) is 0 Å². The predicted octanol–water partition coefficient (Wildman–Crippen LogP) is 4.09. The van der Waals surface area contributed by atoms with Crippen molar-refractivity contribution in [3.05, 3.63) is 34.3 Å². The van der Waals surface area contributed by atoms with Gasteiger partial charge < -0.3 is 0 Å². The van der Waals surface area contributed by atoms with Crippen LogP contribution in [0.4, 0.5) is 8.78 Å². The van der Waals surface area contributed by atoms with Crippen LogP contribution in [-0.4, -0.2) is 11.2 Å². The van der Waals surface area contributed by atoms with Crippen molar-refractivity contribution in [2.45, 2.75) is 18.7 Å². The van der Waals surface area contributed by atoms with E-state index in [4.69, 9.17) is 23.2 Å². The highest BCUT2D eigenvalue weighted by molar-refractivity contribution is 6.39. The van der Waals surface area contributed by atoms with E-state index >= 15 is 0 Å². The Morgan fingerprint density at radius 2 is 2.00 bits per heavy atom. The number of carbonyl (C=O) groups excluding carboxylic acids is 1. The van der Waals surface area contributed by atoms with E-state index < -0.39 is 17.6 Å². The van der Waals surface area contributed by atoms with Gasteiger partial charge in [-0.15, -0.1) is 11.6 Å². The van der Waals surface area contributed by atoms with Crippen LogP contribution in [0.15, 0.2) is 18.2 Å². The van der Waals surface area contributed by atoms with Gasteiger partial charge in [-0.05, 0) is 13.0 Å². The summed E-state index contributed by atoms with van der Waals surface area (Å²) < 4.78 is 25.2. The summed E-state index contributed by atoms with van der Waals surface area (Å²) in [6.07, 6.45) is -2.74. The maximum atomic E-state index is 12.6. The zero-order valence-electron chi connectivity index (χ0n) is 7.81. The van der Waals surface area contributed by atoms with Crippen molar-refractivity contribution in [2.24, 2.45) is 0 Å². The second-order valence-corrected chi connectivity index (χ2v) is 4.05. The van der Waals surface area contributed by atoms with Gasteiger partial charge in [-0.1, -0.05) is 23.7 Å². The molecule has 5 heteroatoms. The lowest BCUT2D eigenvalue weighted by Crippen LogP contribution is -2.14. The molecule has 0 bridgehead atoms. The van der Waals surface area contributed by atoms with Crippen molar-refractivity contribution in [3.8, 4) is 0 Å². The van der Waals surface area contributed by atoms with Gasteiger partial charge in [-0.25, -0.2) is 8.78 Å². The van der Waals surface area contributed by atoms with E-state index in [-0.39, 0.29) is 16.1 Å². The van der Waals surface area contributed by atoms with Gasteiger partial charge >= 0.3 is 0 Å². The molecule has 1 rings (SSSR count). The molecule has 0 aliphatic heterocycles. The van der Waals surface area contributed by atoms with E-state index in [1.165, 1.54) is 25.1 Å². The van der Waals surface area contributed by atoms with Crippen LogP contribution in [0, 0.1) is 0 Å². The van der Waals surface area contributed by atoms with Crippen molar-refractivity contribution in [2.75, 3.05) is 0 Å². The fourth-order valence-corrected chi connectivity index (χ4v) is 1.57. The van der Waals surface area contributed by atoms with Crippen molar-refractivity contribution in [1.29, 1.82) is 0 Å². The standard InChI is InChI=1S/C10H8Cl2F2O/c1-5(11)9(15)8-6(10(13)14)3-2-4-7(8)12/h2-5,10H,1H3. The van der Waals surface area contributed by atoms with E-state index in [2.05, 4.69) is 0 Å². The molecule has 0 spiro atoms. The summed E-state index contributed by atoms with van der Waals surface area (Å²) in [6, 6.07) is 3.93. The average molecular weight is 253 g/mol. The van der Waals surface area contributed by atoms with E-state index in [1.807, 2.05) is 0 Å². The molecule has 0 aliphatic rings. The predicted molar refractivity (Wildman–Crippen MR) is 56.1 cm³/mol. The first-order chi connectivity index (χ1) is 6.95. The summed E-state index contributed by atoms with van der Waals surface area (Å²) in [4.78, 5) is 11.5.